The van der Waals surface area contributed by atoms with Crippen molar-refractivity contribution in [1.29, 1.82) is 0 Å². The maximum atomic E-state index is 12.3. The van der Waals surface area contributed by atoms with Gasteiger partial charge in [0.1, 0.15) is 0 Å². The van der Waals surface area contributed by atoms with E-state index in [0.717, 1.165) is 25.1 Å². The van der Waals surface area contributed by atoms with Crippen LogP contribution in [0.3, 0.4) is 0 Å². The molecule has 1 aromatic carbocycles. The molecule has 1 aromatic rings. The molecule has 0 unspecified atom stereocenters. The van der Waals surface area contributed by atoms with Crippen molar-refractivity contribution in [3.8, 4) is 0 Å². The minimum absolute atomic E-state index is 0.0486. The Balaban J connectivity index is 1.70. The first-order chi connectivity index (χ1) is 11.4. The van der Waals surface area contributed by atoms with Crippen LogP contribution in [0.1, 0.15) is 25.8 Å². The Morgan fingerprint density at radius 1 is 1.12 bits per heavy atom. The maximum absolute atomic E-state index is 12.3. The molecule has 0 radical (unpaired) electrons. The number of aryl methyl sites for hydroxylation is 1. The molecule has 1 aliphatic rings. The van der Waals surface area contributed by atoms with Crippen molar-refractivity contribution in [1.82, 2.24) is 15.1 Å². The fraction of sp³-hybridized carbons (Fsp3) is 0.556. The molecule has 132 valence electrons. The van der Waals surface area contributed by atoms with Gasteiger partial charge in [0.05, 0.1) is 6.54 Å². The molecule has 2 amide bonds. The number of amides is 2. The standard InChI is InChI=1S/C18H26ClN3O2/c1-14(2)20-17(23)13-21-9-11-22(12-10-21)18(24)8-5-15-3-6-16(19)7-4-15/h3-4,6-7,14H,5,8-13H2,1-2H3,(H,20,23). The number of halogens is 1. The lowest BCUT2D eigenvalue weighted by molar-refractivity contribution is -0.133. The molecule has 1 fully saturated rings. The number of rotatable bonds is 6. The summed E-state index contributed by atoms with van der Waals surface area (Å²) in [5, 5.41) is 3.61. The van der Waals surface area contributed by atoms with Gasteiger partial charge in [0.2, 0.25) is 11.8 Å². The molecule has 0 aliphatic carbocycles. The summed E-state index contributed by atoms with van der Waals surface area (Å²) < 4.78 is 0. The zero-order valence-corrected chi connectivity index (χ0v) is 15.2. The average Bonchev–Trinajstić information content (AvgIpc) is 2.54. The Morgan fingerprint density at radius 3 is 2.33 bits per heavy atom. The number of carbonyl (C=O) groups is 2. The monoisotopic (exact) mass is 351 g/mol. The van der Waals surface area contributed by atoms with E-state index < -0.39 is 0 Å². The molecule has 5 nitrogen and oxygen atoms in total. The summed E-state index contributed by atoms with van der Waals surface area (Å²) in [6.45, 7) is 7.19. The molecule has 1 heterocycles. The largest absolute Gasteiger partial charge is 0.353 e. The van der Waals surface area contributed by atoms with Gasteiger partial charge in [-0.15, -0.1) is 0 Å². The molecular weight excluding hydrogens is 326 g/mol. The minimum Gasteiger partial charge on any atom is -0.353 e. The van der Waals surface area contributed by atoms with Crippen LogP contribution in [0.15, 0.2) is 24.3 Å². The molecule has 0 saturated carbocycles. The lowest BCUT2D eigenvalue weighted by atomic mass is 10.1. The third kappa shape index (κ3) is 6.13. The molecule has 24 heavy (non-hydrogen) atoms. The first-order valence-corrected chi connectivity index (χ1v) is 8.86. The summed E-state index contributed by atoms with van der Waals surface area (Å²) in [7, 11) is 0. The molecule has 0 bridgehead atoms. The number of piperazine rings is 1. The van der Waals surface area contributed by atoms with Crippen LogP contribution in [0.25, 0.3) is 0 Å². The van der Waals surface area contributed by atoms with Crippen molar-refractivity contribution in [3.05, 3.63) is 34.9 Å². The Bertz CT molecular complexity index is 552. The van der Waals surface area contributed by atoms with E-state index in [0.29, 0.717) is 31.1 Å². The lowest BCUT2D eigenvalue weighted by Gasteiger charge is -2.34. The van der Waals surface area contributed by atoms with E-state index in [9.17, 15) is 9.59 Å². The van der Waals surface area contributed by atoms with E-state index in [1.807, 2.05) is 43.0 Å². The molecular formula is C18H26ClN3O2. The third-order valence-corrected chi connectivity index (χ3v) is 4.33. The second kappa shape index (κ2) is 9.04. The van der Waals surface area contributed by atoms with Gasteiger partial charge in [-0.25, -0.2) is 0 Å². The molecule has 6 heteroatoms. The number of benzene rings is 1. The van der Waals surface area contributed by atoms with Gasteiger partial charge >= 0.3 is 0 Å². The first kappa shape index (κ1) is 18.7. The minimum atomic E-state index is 0.0486. The van der Waals surface area contributed by atoms with Crippen LogP contribution in [0.4, 0.5) is 0 Å². The van der Waals surface area contributed by atoms with Crippen molar-refractivity contribution in [2.24, 2.45) is 0 Å². The number of nitrogens with one attached hydrogen (secondary N) is 1. The molecule has 2 rings (SSSR count). The molecule has 0 spiro atoms. The maximum Gasteiger partial charge on any atom is 0.234 e. The molecule has 1 aliphatic heterocycles. The van der Waals surface area contributed by atoms with E-state index >= 15 is 0 Å². The van der Waals surface area contributed by atoms with Crippen LogP contribution >= 0.6 is 11.6 Å². The predicted molar refractivity (Wildman–Crippen MR) is 96.1 cm³/mol. The number of hydrogen-bond donors (Lipinski definition) is 1. The Hall–Kier alpha value is -1.59. The van der Waals surface area contributed by atoms with E-state index in [1.54, 1.807) is 0 Å². The Kier molecular flexibility index (Phi) is 7.06. The fourth-order valence-corrected chi connectivity index (χ4v) is 2.91. The van der Waals surface area contributed by atoms with Crippen molar-refractivity contribution in [3.63, 3.8) is 0 Å². The second-order valence-corrected chi connectivity index (χ2v) is 6.94. The fourth-order valence-electron chi connectivity index (χ4n) is 2.79. The van der Waals surface area contributed by atoms with Crippen molar-refractivity contribution >= 4 is 23.4 Å². The summed E-state index contributed by atoms with van der Waals surface area (Å²) in [6, 6.07) is 7.78. The summed E-state index contributed by atoms with van der Waals surface area (Å²) in [4.78, 5) is 28.1. The predicted octanol–water partition coefficient (Wildman–Crippen LogP) is 1.94. The molecule has 1 saturated heterocycles. The van der Waals surface area contributed by atoms with Crippen LogP contribution in [0, 0.1) is 0 Å². The van der Waals surface area contributed by atoms with Gasteiger partial charge in [-0.3, -0.25) is 14.5 Å². The van der Waals surface area contributed by atoms with Crippen LogP contribution in [0.2, 0.25) is 5.02 Å². The first-order valence-electron chi connectivity index (χ1n) is 8.48. The van der Waals surface area contributed by atoms with Crippen molar-refractivity contribution < 1.29 is 9.59 Å². The van der Waals surface area contributed by atoms with Crippen molar-refractivity contribution in [2.75, 3.05) is 32.7 Å². The van der Waals surface area contributed by atoms with E-state index in [1.165, 1.54) is 0 Å². The lowest BCUT2D eigenvalue weighted by Crippen LogP contribution is -2.51. The van der Waals surface area contributed by atoms with Gasteiger partial charge in [0, 0.05) is 43.7 Å². The highest BCUT2D eigenvalue weighted by Crippen LogP contribution is 2.12. The van der Waals surface area contributed by atoms with E-state index in [-0.39, 0.29) is 17.9 Å². The van der Waals surface area contributed by atoms with Crippen LogP contribution in [-0.4, -0.2) is 60.4 Å². The van der Waals surface area contributed by atoms with Gasteiger partial charge in [-0.2, -0.15) is 0 Å². The van der Waals surface area contributed by atoms with Gasteiger partial charge in [0.15, 0.2) is 0 Å². The average molecular weight is 352 g/mol. The zero-order chi connectivity index (χ0) is 17.5. The highest BCUT2D eigenvalue weighted by molar-refractivity contribution is 6.30. The van der Waals surface area contributed by atoms with Crippen molar-refractivity contribution in [2.45, 2.75) is 32.7 Å². The molecule has 0 atom stereocenters. The zero-order valence-electron chi connectivity index (χ0n) is 14.4. The Labute approximate surface area is 149 Å². The topological polar surface area (TPSA) is 52.7 Å². The summed E-state index contributed by atoms with van der Waals surface area (Å²) in [6.07, 6.45) is 1.24. The summed E-state index contributed by atoms with van der Waals surface area (Å²) in [5.74, 6) is 0.226. The molecule has 0 aromatic heterocycles. The Morgan fingerprint density at radius 2 is 1.75 bits per heavy atom. The van der Waals surface area contributed by atoms with Gasteiger partial charge in [0.25, 0.3) is 0 Å². The summed E-state index contributed by atoms with van der Waals surface area (Å²) >= 11 is 5.87. The van der Waals surface area contributed by atoms with Gasteiger partial charge in [-0.1, -0.05) is 23.7 Å². The smallest absolute Gasteiger partial charge is 0.234 e. The second-order valence-electron chi connectivity index (χ2n) is 6.51. The molecule has 1 N–H and O–H groups in total. The van der Waals surface area contributed by atoms with Crippen LogP contribution in [0.5, 0.6) is 0 Å². The quantitative estimate of drug-likeness (QED) is 0.852. The van der Waals surface area contributed by atoms with E-state index in [2.05, 4.69) is 10.2 Å². The SMILES string of the molecule is CC(C)NC(=O)CN1CCN(C(=O)CCc2ccc(Cl)cc2)CC1. The third-order valence-electron chi connectivity index (χ3n) is 4.08. The van der Waals surface area contributed by atoms with Crippen LogP contribution < -0.4 is 5.32 Å². The number of hydrogen-bond acceptors (Lipinski definition) is 3. The van der Waals surface area contributed by atoms with Gasteiger partial charge in [-0.05, 0) is 38.0 Å². The highest BCUT2D eigenvalue weighted by atomic mass is 35.5. The van der Waals surface area contributed by atoms with Gasteiger partial charge < -0.3 is 10.2 Å². The normalized spacial score (nSPS) is 15.6. The summed E-state index contributed by atoms with van der Waals surface area (Å²) in [5.41, 5.74) is 1.12. The van der Waals surface area contributed by atoms with Crippen LogP contribution in [-0.2, 0) is 16.0 Å². The van der Waals surface area contributed by atoms with E-state index in [4.69, 9.17) is 11.6 Å². The number of carbonyl (C=O) groups excluding carboxylic acids is 2. The number of nitrogens with zero attached hydrogens (tertiary/aromatic N) is 2. The highest BCUT2D eigenvalue weighted by Gasteiger charge is 2.22.